The van der Waals surface area contributed by atoms with Crippen LogP contribution in [0.25, 0.3) is 0 Å². The van der Waals surface area contributed by atoms with Gasteiger partial charge >= 0.3 is 0 Å². The number of phenols is 2. The number of amides is 1. The molecule has 0 unspecified atom stereocenters. The van der Waals surface area contributed by atoms with Gasteiger partial charge in [0.1, 0.15) is 0 Å². The summed E-state index contributed by atoms with van der Waals surface area (Å²) in [6.07, 6.45) is 0. The molecule has 0 bridgehead atoms. The second kappa shape index (κ2) is 3.96. The third-order valence-electron chi connectivity index (χ3n) is 1.63. The molecule has 1 aromatic rings. The number of rotatable bonds is 2. The molecule has 1 amide bonds. The molecule has 15 heavy (non-hydrogen) atoms. The fourth-order valence-electron chi connectivity index (χ4n) is 0.901. The fourth-order valence-corrected chi connectivity index (χ4v) is 1.33. The molecule has 0 aliphatic heterocycles. The van der Waals surface area contributed by atoms with Gasteiger partial charge in [0.05, 0.1) is 15.6 Å². The molecule has 0 saturated heterocycles. The number of Topliss-reactive ketones (excluding diaryl/α,β-unsaturated/α-hetero) is 1. The van der Waals surface area contributed by atoms with Crippen LogP contribution in [-0.2, 0) is 4.79 Å². The Balaban J connectivity index is 3.45. The number of carbonyl (C=O) groups is 2. The molecule has 0 atom stereocenters. The highest BCUT2D eigenvalue weighted by Crippen LogP contribution is 2.41. The maximum atomic E-state index is 11.2. The van der Waals surface area contributed by atoms with Crippen molar-refractivity contribution in [3.63, 3.8) is 0 Å². The first-order valence-electron chi connectivity index (χ1n) is 3.60. The minimum absolute atomic E-state index is 0.304. The van der Waals surface area contributed by atoms with E-state index in [1.165, 1.54) is 0 Å². The van der Waals surface area contributed by atoms with Gasteiger partial charge in [-0.1, -0.05) is 23.2 Å². The molecule has 0 fully saturated rings. The highest BCUT2D eigenvalue weighted by atomic mass is 35.5. The molecule has 0 spiro atoms. The SMILES string of the molecule is NC(=O)C(=O)c1cc(Cl)c(O)c(O)c1Cl. The molecule has 0 aliphatic carbocycles. The lowest BCUT2D eigenvalue weighted by molar-refractivity contribution is -0.114. The van der Waals surface area contributed by atoms with Crippen molar-refractivity contribution in [3.05, 3.63) is 21.7 Å². The van der Waals surface area contributed by atoms with Gasteiger partial charge < -0.3 is 15.9 Å². The third kappa shape index (κ3) is 1.98. The molecule has 0 heterocycles. The molecule has 7 heteroatoms. The van der Waals surface area contributed by atoms with Crippen LogP contribution in [0.3, 0.4) is 0 Å². The summed E-state index contributed by atoms with van der Waals surface area (Å²) in [5, 5.41) is 17.6. The second-order valence-corrected chi connectivity index (χ2v) is 3.40. The lowest BCUT2D eigenvalue weighted by Crippen LogP contribution is -2.23. The van der Waals surface area contributed by atoms with Gasteiger partial charge in [-0.15, -0.1) is 0 Å². The average molecular weight is 250 g/mol. The van der Waals surface area contributed by atoms with E-state index >= 15 is 0 Å². The molecule has 5 nitrogen and oxygen atoms in total. The maximum Gasteiger partial charge on any atom is 0.289 e. The molecular weight excluding hydrogens is 245 g/mol. The van der Waals surface area contributed by atoms with E-state index in [1.807, 2.05) is 0 Å². The summed E-state index contributed by atoms with van der Waals surface area (Å²) in [6.45, 7) is 0. The summed E-state index contributed by atoms with van der Waals surface area (Å²) in [6, 6.07) is 0.950. The van der Waals surface area contributed by atoms with Crippen molar-refractivity contribution in [1.82, 2.24) is 0 Å². The van der Waals surface area contributed by atoms with Crippen molar-refractivity contribution >= 4 is 34.9 Å². The number of primary amides is 1. The molecule has 0 radical (unpaired) electrons. The highest BCUT2D eigenvalue weighted by Gasteiger charge is 2.22. The summed E-state index contributed by atoms with van der Waals surface area (Å²) in [5.74, 6) is -3.77. The smallest absolute Gasteiger partial charge is 0.289 e. The molecule has 4 N–H and O–H groups in total. The number of ketones is 1. The third-order valence-corrected chi connectivity index (χ3v) is 2.31. The van der Waals surface area contributed by atoms with Gasteiger partial charge in [-0.05, 0) is 6.07 Å². The van der Waals surface area contributed by atoms with Crippen LogP contribution in [0.4, 0.5) is 0 Å². The van der Waals surface area contributed by atoms with Gasteiger partial charge in [0.2, 0.25) is 0 Å². The van der Waals surface area contributed by atoms with Gasteiger partial charge in [0.25, 0.3) is 11.7 Å². The first-order valence-corrected chi connectivity index (χ1v) is 4.36. The summed E-state index contributed by atoms with van der Waals surface area (Å²) >= 11 is 11.0. The van der Waals surface area contributed by atoms with Gasteiger partial charge in [-0.2, -0.15) is 0 Å². The van der Waals surface area contributed by atoms with E-state index in [9.17, 15) is 14.7 Å². The zero-order valence-electron chi connectivity index (χ0n) is 7.12. The van der Waals surface area contributed by atoms with Crippen LogP contribution in [0.1, 0.15) is 10.4 Å². The van der Waals surface area contributed by atoms with Crippen LogP contribution in [0.2, 0.25) is 10.0 Å². The summed E-state index contributed by atoms with van der Waals surface area (Å²) < 4.78 is 0. The van der Waals surface area contributed by atoms with Gasteiger partial charge in [-0.25, -0.2) is 0 Å². The summed E-state index contributed by atoms with van der Waals surface area (Å²) in [5.41, 5.74) is 4.38. The summed E-state index contributed by atoms with van der Waals surface area (Å²) in [4.78, 5) is 21.8. The Morgan fingerprint density at radius 2 is 1.73 bits per heavy atom. The van der Waals surface area contributed by atoms with Crippen LogP contribution in [0, 0.1) is 0 Å². The number of hydrogen-bond acceptors (Lipinski definition) is 4. The lowest BCUT2D eigenvalue weighted by Gasteiger charge is -2.06. The number of benzene rings is 1. The van der Waals surface area contributed by atoms with E-state index < -0.39 is 28.2 Å². The van der Waals surface area contributed by atoms with E-state index in [0.29, 0.717) is 0 Å². The number of nitrogens with two attached hydrogens (primary N) is 1. The Morgan fingerprint density at radius 1 is 1.20 bits per heavy atom. The predicted molar refractivity (Wildman–Crippen MR) is 53.3 cm³/mol. The Hall–Kier alpha value is -1.46. The number of halogens is 2. The lowest BCUT2D eigenvalue weighted by atomic mass is 10.1. The zero-order chi connectivity index (χ0) is 11.7. The first kappa shape index (κ1) is 11.6. The Bertz CT molecular complexity index is 458. The normalized spacial score (nSPS) is 10.0. The molecular formula is C8H5Cl2NO4. The molecule has 1 rings (SSSR count). The van der Waals surface area contributed by atoms with Crippen LogP contribution in [-0.4, -0.2) is 21.9 Å². The van der Waals surface area contributed by atoms with E-state index in [-0.39, 0.29) is 10.6 Å². The van der Waals surface area contributed by atoms with E-state index in [4.69, 9.17) is 34.0 Å². The number of aromatic hydroxyl groups is 2. The quantitative estimate of drug-likeness (QED) is 0.415. The van der Waals surface area contributed by atoms with Crippen molar-refractivity contribution in [3.8, 4) is 11.5 Å². The second-order valence-electron chi connectivity index (χ2n) is 2.61. The molecule has 0 saturated carbocycles. The van der Waals surface area contributed by atoms with Crippen molar-refractivity contribution in [2.75, 3.05) is 0 Å². The van der Waals surface area contributed by atoms with Crippen LogP contribution in [0.5, 0.6) is 11.5 Å². The Kier molecular flexibility index (Phi) is 3.06. The van der Waals surface area contributed by atoms with Crippen molar-refractivity contribution in [1.29, 1.82) is 0 Å². The van der Waals surface area contributed by atoms with Crippen LogP contribution in [0.15, 0.2) is 6.07 Å². The number of hydrogen-bond donors (Lipinski definition) is 3. The van der Waals surface area contributed by atoms with Gasteiger partial charge in [0.15, 0.2) is 11.5 Å². The highest BCUT2D eigenvalue weighted by molar-refractivity contribution is 6.48. The van der Waals surface area contributed by atoms with Crippen LogP contribution < -0.4 is 5.73 Å². The van der Waals surface area contributed by atoms with Crippen molar-refractivity contribution < 1.29 is 19.8 Å². The predicted octanol–water partition coefficient (Wildman–Crippen LogP) is 1.07. The van der Waals surface area contributed by atoms with E-state index in [2.05, 4.69) is 0 Å². The van der Waals surface area contributed by atoms with Crippen molar-refractivity contribution in [2.45, 2.75) is 0 Å². The molecule has 0 aromatic heterocycles. The minimum atomic E-state index is -1.24. The monoisotopic (exact) mass is 249 g/mol. The first-order chi connectivity index (χ1) is 6.86. The topological polar surface area (TPSA) is 101 Å². The maximum absolute atomic E-state index is 11.2. The zero-order valence-corrected chi connectivity index (χ0v) is 8.63. The van der Waals surface area contributed by atoms with E-state index in [0.717, 1.165) is 6.07 Å². The minimum Gasteiger partial charge on any atom is -0.503 e. The standard InChI is InChI=1S/C8H5Cl2NO4/c9-3-1-2(5(12)8(11)15)4(10)7(14)6(3)13/h1,13-14H,(H2,11,15). The summed E-state index contributed by atoms with van der Waals surface area (Å²) in [7, 11) is 0. The van der Waals surface area contributed by atoms with Crippen molar-refractivity contribution in [2.24, 2.45) is 5.73 Å². The van der Waals surface area contributed by atoms with Gasteiger partial charge in [-0.3, -0.25) is 9.59 Å². The molecule has 1 aromatic carbocycles. The Labute approximate surface area is 94.0 Å². The fraction of sp³-hybridized carbons (Fsp3) is 0. The van der Waals surface area contributed by atoms with Gasteiger partial charge in [0, 0.05) is 0 Å². The number of carbonyl (C=O) groups excluding carboxylic acids is 2. The van der Waals surface area contributed by atoms with E-state index in [1.54, 1.807) is 0 Å². The molecule has 80 valence electrons. The van der Waals surface area contributed by atoms with Crippen LogP contribution >= 0.6 is 23.2 Å². The Morgan fingerprint density at radius 3 is 2.20 bits per heavy atom. The molecule has 0 aliphatic rings. The average Bonchev–Trinajstić information content (AvgIpc) is 2.19. The number of phenolic OH excluding ortho intramolecular Hbond substituents is 2. The largest absolute Gasteiger partial charge is 0.503 e.